The van der Waals surface area contributed by atoms with Crippen molar-refractivity contribution in [2.24, 2.45) is 22.7 Å². The Hall–Kier alpha value is -1.06. The van der Waals surface area contributed by atoms with Gasteiger partial charge in [-0.1, -0.05) is 34.1 Å². The summed E-state index contributed by atoms with van der Waals surface area (Å²) >= 11 is 0. The second kappa shape index (κ2) is 4.50. The zero-order valence-corrected chi connectivity index (χ0v) is 12.4. The van der Waals surface area contributed by atoms with Gasteiger partial charge in [-0.25, -0.2) is 0 Å². The molecule has 1 saturated heterocycles. The molecule has 1 N–H and O–H groups in total. The summed E-state index contributed by atoms with van der Waals surface area (Å²) in [5.41, 5.74) is -0.0313. The highest BCUT2D eigenvalue weighted by Gasteiger charge is 2.66. The molecule has 4 nitrogen and oxygen atoms in total. The second-order valence-corrected chi connectivity index (χ2v) is 7.10. The van der Waals surface area contributed by atoms with Gasteiger partial charge in [-0.05, 0) is 23.7 Å². The third-order valence-corrected chi connectivity index (χ3v) is 5.50. The van der Waals surface area contributed by atoms with Crippen LogP contribution in [0.3, 0.4) is 0 Å². The van der Waals surface area contributed by atoms with E-state index >= 15 is 0 Å². The number of hydrogen-bond donors (Lipinski definition) is 1. The molecule has 19 heavy (non-hydrogen) atoms. The van der Waals surface area contributed by atoms with E-state index in [9.17, 15) is 9.59 Å². The molecule has 1 saturated carbocycles. The molecule has 1 aliphatic heterocycles. The molecule has 4 heteroatoms. The normalized spacial score (nSPS) is 31.9. The highest BCUT2D eigenvalue weighted by atomic mass is 16.4. The van der Waals surface area contributed by atoms with Crippen LogP contribution >= 0.6 is 0 Å². The minimum absolute atomic E-state index is 0.0514. The van der Waals surface area contributed by atoms with Gasteiger partial charge in [-0.2, -0.15) is 0 Å². The van der Waals surface area contributed by atoms with Crippen LogP contribution in [-0.2, 0) is 9.59 Å². The van der Waals surface area contributed by atoms with E-state index in [2.05, 4.69) is 13.8 Å². The van der Waals surface area contributed by atoms with Crippen molar-refractivity contribution in [2.75, 3.05) is 13.1 Å². The molecular formula is C15H25NO3. The zero-order chi connectivity index (χ0) is 14.4. The average Bonchev–Trinajstić information content (AvgIpc) is 2.93. The Labute approximate surface area is 115 Å². The van der Waals surface area contributed by atoms with Gasteiger partial charge in [0.25, 0.3) is 0 Å². The highest BCUT2D eigenvalue weighted by Crippen LogP contribution is 2.59. The summed E-state index contributed by atoms with van der Waals surface area (Å²) in [7, 11) is 0. The van der Waals surface area contributed by atoms with Crippen LogP contribution in [0.4, 0.5) is 0 Å². The van der Waals surface area contributed by atoms with E-state index < -0.39 is 11.9 Å². The van der Waals surface area contributed by atoms with Crippen LogP contribution in [0, 0.1) is 22.7 Å². The fourth-order valence-electron chi connectivity index (χ4n) is 3.38. The third kappa shape index (κ3) is 2.37. The first-order valence-electron chi connectivity index (χ1n) is 7.24. The van der Waals surface area contributed by atoms with Crippen LogP contribution in [0.25, 0.3) is 0 Å². The first kappa shape index (κ1) is 14.4. The summed E-state index contributed by atoms with van der Waals surface area (Å²) in [5, 5.41) is 9.16. The lowest BCUT2D eigenvalue weighted by molar-refractivity contribution is -0.142. The van der Waals surface area contributed by atoms with Gasteiger partial charge in [0.05, 0.1) is 11.8 Å². The van der Waals surface area contributed by atoms with Crippen LogP contribution in [0.5, 0.6) is 0 Å². The summed E-state index contributed by atoms with van der Waals surface area (Å²) in [4.78, 5) is 25.5. The highest BCUT2D eigenvalue weighted by molar-refractivity contribution is 5.91. The topological polar surface area (TPSA) is 57.6 Å². The van der Waals surface area contributed by atoms with Gasteiger partial charge in [0.1, 0.15) is 0 Å². The summed E-state index contributed by atoms with van der Waals surface area (Å²) in [6.07, 6.45) is 3.20. The van der Waals surface area contributed by atoms with Crippen molar-refractivity contribution in [1.82, 2.24) is 4.90 Å². The molecule has 0 aromatic rings. The number of carboxylic acid groups (broad SMARTS) is 1. The Balaban J connectivity index is 1.98. The molecule has 2 rings (SSSR count). The number of carbonyl (C=O) groups excluding carboxylic acids is 1. The first-order chi connectivity index (χ1) is 8.73. The van der Waals surface area contributed by atoms with E-state index in [-0.39, 0.29) is 17.2 Å². The van der Waals surface area contributed by atoms with Gasteiger partial charge >= 0.3 is 5.97 Å². The largest absolute Gasteiger partial charge is 0.481 e. The van der Waals surface area contributed by atoms with Gasteiger partial charge in [-0.15, -0.1) is 0 Å². The fraction of sp³-hybridized carbons (Fsp3) is 0.867. The number of amides is 1. The number of rotatable bonds is 3. The molecule has 1 heterocycles. The van der Waals surface area contributed by atoms with Crippen LogP contribution in [0.15, 0.2) is 0 Å². The van der Waals surface area contributed by atoms with Gasteiger partial charge < -0.3 is 10.0 Å². The van der Waals surface area contributed by atoms with E-state index in [0.717, 1.165) is 32.4 Å². The molecule has 0 aromatic heterocycles. The van der Waals surface area contributed by atoms with Crippen molar-refractivity contribution in [3.8, 4) is 0 Å². The number of aliphatic carboxylic acids is 1. The molecule has 0 radical (unpaired) electrons. The molecule has 0 bridgehead atoms. The van der Waals surface area contributed by atoms with E-state index in [4.69, 9.17) is 5.11 Å². The molecule has 2 fully saturated rings. The van der Waals surface area contributed by atoms with Gasteiger partial charge in [0.2, 0.25) is 5.91 Å². The van der Waals surface area contributed by atoms with Gasteiger partial charge in [0.15, 0.2) is 0 Å². The van der Waals surface area contributed by atoms with Crippen molar-refractivity contribution >= 4 is 11.9 Å². The molecule has 1 aliphatic carbocycles. The number of piperidine rings is 1. The summed E-state index contributed by atoms with van der Waals surface area (Å²) in [6, 6.07) is 0. The molecule has 1 amide bonds. The fourth-order valence-corrected chi connectivity index (χ4v) is 3.38. The minimum atomic E-state index is -0.834. The maximum Gasteiger partial charge on any atom is 0.307 e. The number of nitrogens with zero attached hydrogens (tertiary/aromatic N) is 1. The quantitative estimate of drug-likeness (QED) is 0.854. The zero-order valence-electron chi connectivity index (χ0n) is 12.4. The lowest BCUT2D eigenvalue weighted by atomic mass is 9.78. The minimum Gasteiger partial charge on any atom is -0.481 e. The van der Waals surface area contributed by atoms with Gasteiger partial charge in [-0.3, -0.25) is 9.59 Å². The van der Waals surface area contributed by atoms with Crippen LogP contribution < -0.4 is 0 Å². The van der Waals surface area contributed by atoms with E-state index in [0.29, 0.717) is 5.41 Å². The molecule has 0 spiro atoms. The SMILES string of the molecule is CCC1(C)CCN(C(=O)C2C(C(=O)O)C2(C)C)CC1. The predicted molar refractivity (Wildman–Crippen MR) is 72.6 cm³/mol. The Kier molecular flexibility index (Phi) is 3.40. The van der Waals surface area contributed by atoms with E-state index in [1.165, 1.54) is 0 Å². The van der Waals surface area contributed by atoms with E-state index in [1.807, 2.05) is 18.7 Å². The smallest absolute Gasteiger partial charge is 0.307 e. The van der Waals surface area contributed by atoms with Crippen molar-refractivity contribution in [3.05, 3.63) is 0 Å². The monoisotopic (exact) mass is 267 g/mol. The molecule has 2 aliphatic rings. The Morgan fingerprint density at radius 1 is 1.16 bits per heavy atom. The standard InChI is InChI=1S/C15H25NO3/c1-5-15(4)6-8-16(9-7-15)12(17)10-11(13(18)19)14(10,2)3/h10-11H,5-9H2,1-4H3,(H,18,19). The number of likely N-dealkylation sites (tertiary alicyclic amines) is 1. The first-order valence-corrected chi connectivity index (χ1v) is 7.24. The Morgan fingerprint density at radius 2 is 1.68 bits per heavy atom. The number of hydrogen-bond acceptors (Lipinski definition) is 2. The summed E-state index contributed by atoms with van der Waals surface area (Å²) in [5.74, 6) is -1.61. The molecule has 2 atom stereocenters. The van der Waals surface area contributed by atoms with Crippen LogP contribution in [0.2, 0.25) is 0 Å². The lowest BCUT2D eigenvalue weighted by Gasteiger charge is -2.39. The number of carbonyl (C=O) groups is 2. The van der Waals surface area contributed by atoms with Gasteiger partial charge in [0, 0.05) is 13.1 Å². The van der Waals surface area contributed by atoms with Crippen LogP contribution in [-0.4, -0.2) is 35.0 Å². The molecule has 2 unspecified atom stereocenters. The Morgan fingerprint density at radius 3 is 2.05 bits per heavy atom. The summed E-state index contributed by atoms with van der Waals surface area (Å²) in [6.45, 7) is 9.80. The Bertz CT molecular complexity index is 394. The maximum absolute atomic E-state index is 12.5. The second-order valence-electron chi connectivity index (χ2n) is 7.10. The average molecular weight is 267 g/mol. The predicted octanol–water partition coefficient (Wildman–Crippen LogP) is 2.38. The maximum atomic E-state index is 12.5. The van der Waals surface area contributed by atoms with Crippen molar-refractivity contribution < 1.29 is 14.7 Å². The third-order valence-electron chi connectivity index (χ3n) is 5.50. The molecular weight excluding hydrogens is 242 g/mol. The van der Waals surface area contributed by atoms with E-state index in [1.54, 1.807) is 0 Å². The number of carboxylic acids is 1. The van der Waals surface area contributed by atoms with Crippen LogP contribution in [0.1, 0.15) is 47.0 Å². The van der Waals surface area contributed by atoms with Crippen molar-refractivity contribution in [2.45, 2.75) is 47.0 Å². The lowest BCUT2D eigenvalue weighted by Crippen LogP contribution is -2.43. The molecule has 0 aromatic carbocycles. The molecule has 108 valence electrons. The van der Waals surface area contributed by atoms with Crippen molar-refractivity contribution in [3.63, 3.8) is 0 Å². The van der Waals surface area contributed by atoms with Crippen molar-refractivity contribution in [1.29, 1.82) is 0 Å². The summed E-state index contributed by atoms with van der Waals surface area (Å²) < 4.78 is 0.